The van der Waals surface area contributed by atoms with Crippen LogP contribution in [0.25, 0.3) is 0 Å². The number of nitrogens with one attached hydrogen (secondary N) is 2. The molecule has 0 bridgehead atoms. The van der Waals surface area contributed by atoms with Crippen LogP contribution < -0.4 is 10.6 Å². The maximum absolute atomic E-state index is 3.67. The highest BCUT2D eigenvalue weighted by Crippen LogP contribution is 2.16. The first-order valence-electron chi connectivity index (χ1n) is 6.97. The van der Waals surface area contributed by atoms with Crippen molar-refractivity contribution in [3.63, 3.8) is 0 Å². The standard InChI is InChI=1S/C15H24N2/c1-2-5-9-14(8-4-1)16-12-13-17-15-10-6-3-7-11-15/h3,6-7,10-11,14,16-17H,1-2,4-5,8-9,12-13H2. The number of rotatable bonds is 5. The molecule has 2 rings (SSSR count). The summed E-state index contributed by atoms with van der Waals surface area (Å²) >= 11 is 0. The zero-order chi connectivity index (χ0) is 11.8. The van der Waals surface area contributed by atoms with Gasteiger partial charge < -0.3 is 10.6 Å². The molecule has 94 valence electrons. The molecule has 0 heterocycles. The maximum atomic E-state index is 3.67. The molecule has 1 saturated carbocycles. The molecule has 2 N–H and O–H groups in total. The average molecular weight is 232 g/mol. The van der Waals surface area contributed by atoms with Gasteiger partial charge in [-0.2, -0.15) is 0 Å². The first-order valence-corrected chi connectivity index (χ1v) is 6.97. The summed E-state index contributed by atoms with van der Waals surface area (Å²) in [7, 11) is 0. The predicted octanol–water partition coefficient (Wildman–Crippen LogP) is 3.41. The van der Waals surface area contributed by atoms with Crippen LogP contribution in [0.2, 0.25) is 0 Å². The Morgan fingerprint density at radius 2 is 1.59 bits per heavy atom. The van der Waals surface area contributed by atoms with E-state index < -0.39 is 0 Å². The molecule has 0 aliphatic heterocycles. The van der Waals surface area contributed by atoms with Gasteiger partial charge in [0.15, 0.2) is 0 Å². The molecule has 1 aromatic rings. The van der Waals surface area contributed by atoms with Crippen LogP contribution >= 0.6 is 0 Å². The number of benzene rings is 1. The molecule has 0 amide bonds. The van der Waals surface area contributed by atoms with Gasteiger partial charge >= 0.3 is 0 Å². The Labute approximate surface area is 105 Å². The van der Waals surface area contributed by atoms with Crippen molar-refractivity contribution in [1.82, 2.24) is 5.32 Å². The highest BCUT2D eigenvalue weighted by Gasteiger charge is 2.10. The van der Waals surface area contributed by atoms with Gasteiger partial charge in [0.1, 0.15) is 0 Å². The normalized spacial score (nSPS) is 17.6. The van der Waals surface area contributed by atoms with Crippen LogP contribution in [0.4, 0.5) is 5.69 Å². The summed E-state index contributed by atoms with van der Waals surface area (Å²) in [5.74, 6) is 0. The lowest BCUT2D eigenvalue weighted by atomic mass is 10.1. The van der Waals surface area contributed by atoms with Gasteiger partial charge in [-0.05, 0) is 25.0 Å². The van der Waals surface area contributed by atoms with Gasteiger partial charge in [-0.3, -0.25) is 0 Å². The highest BCUT2D eigenvalue weighted by molar-refractivity contribution is 5.42. The molecule has 0 saturated heterocycles. The molecule has 17 heavy (non-hydrogen) atoms. The van der Waals surface area contributed by atoms with Crippen LogP contribution in [0.5, 0.6) is 0 Å². The van der Waals surface area contributed by atoms with Crippen molar-refractivity contribution in [3.8, 4) is 0 Å². The van der Waals surface area contributed by atoms with Crippen LogP contribution in [-0.2, 0) is 0 Å². The van der Waals surface area contributed by atoms with Crippen molar-refractivity contribution < 1.29 is 0 Å². The summed E-state index contributed by atoms with van der Waals surface area (Å²) in [6.45, 7) is 2.08. The average Bonchev–Trinajstić information content (AvgIpc) is 2.65. The van der Waals surface area contributed by atoms with Gasteiger partial charge in [0.05, 0.1) is 0 Å². The Bertz CT molecular complexity index is 289. The third kappa shape index (κ3) is 4.78. The first kappa shape index (κ1) is 12.4. The number of hydrogen-bond acceptors (Lipinski definition) is 2. The van der Waals surface area contributed by atoms with Gasteiger partial charge in [-0.25, -0.2) is 0 Å². The minimum absolute atomic E-state index is 0.759. The molecule has 0 atom stereocenters. The van der Waals surface area contributed by atoms with E-state index in [0.717, 1.165) is 19.1 Å². The fourth-order valence-corrected chi connectivity index (χ4v) is 2.52. The van der Waals surface area contributed by atoms with Crippen LogP contribution in [0, 0.1) is 0 Å². The monoisotopic (exact) mass is 232 g/mol. The maximum Gasteiger partial charge on any atom is 0.0340 e. The van der Waals surface area contributed by atoms with E-state index in [1.165, 1.54) is 44.2 Å². The number of para-hydroxylation sites is 1. The van der Waals surface area contributed by atoms with Crippen molar-refractivity contribution in [2.75, 3.05) is 18.4 Å². The van der Waals surface area contributed by atoms with Gasteiger partial charge in [0.2, 0.25) is 0 Å². The quantitative estimate of drug-likeness (QED) is 0.600. The molecule has 1 aromatic carbocycles. The minimum Gasteiger partial charge on any atom is -0.384 e. The molecule has 1 aliphatic rings. The van der Waals surface area contributed by atoms with Crippen molar-refractivity contribution in [2.24, 2.45) is 0 Å². The van der Waals surface area contributed by atoms with Crippen molar-refractivity contribution in [3.05, 3.63) is 30.3 Å². The second-order valence-electron chi connectivity index (χ2n) is 4.94. The predicted molar refractivity (Wildman–Crippen MR) is 74.4 cm³/mol. The van der Waals surface area contributed by atoms with Crippen LogP contribution in [0.15, 0.2) is 30.3 Å². The summed E-state index contributed by atoms with van der Waals surface area (Å²) < 4.78 is 0. The van der Waals surface area contributed by atoms with E-state index in [0.29, 0.717) is 0 Å². The molecular formula is C15H24N2. The Kier molecular flexibility index (Phi) is 5.37. The summed E-state index contributed by atoms with van der Waals surface area (Å²) in [6, 6.07) is 11.2. The zero-order valence-electron chi connectivity index (χ0n) is 10.6. The lowest BCUT2D eigenvalue weighted by Crippen LogP contribution is -2.32. The van der Waals surface area contributed by atoms with Gasteiger partial charge in [0, 0.05) is 24.8 Å². The molecule has 0 radical (unpaired) electrons. The van der Waals surface area contributed by atoms with E-state index >= 15 is 0 Å². The molecule has 0 unspecified atom stereocenters. The Morgan fingerprint density at radius 1 is 0.882 bits per heavy atom. The smallest absolute Gasteiger partial charge is 0.0340 e. The first-order chi connectivity index (χ1) is 8.45. The molecule has 1 aliphatic carbocycles. The molecule has 2 nitrogen and oxygen atoms in total. The summed E-state index contributed by atoms with van der Waals surface area (Å²) in [5, 5.41) is 7.11. The van der Waals surface area contributed by atoms with E-state index in [1.54, 1.807) is 0 Å². The molecule has 2 heteroatoms. The fourth-order valence-electron chi connectivity index (χ4n) is 2.52. The van der Waals surface area contributed by atoms with Crippen LogP contribution in [0.1, 0.15) is 38.5 Å². The van der Waals surface area contributed by atoms with Gasteiger partial charge in [-0.15, -0.1) is 0 Å². The SMILES string of the molecule is c1ccc(NCCNC2CCCCCC2)cc1. The van der Waals surface area contributed by atoms with E-state index in [4.69, 9.17) is 0 Å². The Balaban J connectivity index is 1.59. The van der Waals surface area contributed by atoms with Crippen molar-refractivity contribution in [2.45, 2.75) is 44.6 Å². The number of hydrogen-bond donors (Lipinski definition) is 2. The largest absolute Gasteiger partial charge is 0.384 e. The number of anilines is 1. The highest BCUT2D eigenvalue weighted by atomic mass is 15.0. The van der Waals surface area contributed by atoms with Crippen LogP contribution in [0.3, 0.4) is 0 Å². The molecule has 1 fully saturated rings. The fraction of sp³-hybridized carbons (Fsp3) is 0.600. The van der Waals surface area contributed by atoms with Crippen LogP contribution in [-0.4, -0.2) is 19.1 Å². The molecule has 0 spiro atoms. The molecule has 0 aromatic heterocycles. The lowest BCUT2D eigenvalue weighted by Gasteiger charge is -2.16. The lowest BCUT2D eigenvalue weighted by molar-refractivity contribution is 0.468. The van der Waals surface area contributed by atoms with E-state index in [-0.39, 0.29) is 0 Å². The van der Waals surface area contributed by atoms with Crippen molar-refractivity contribution in [1.29, 1.82) is 0 Å². The third-order valence-corrected chi connectivity index (χ3v) is 3.52. The molecular weight excluding hydrogens is 208 g/mol. The van der Waals surface area contributed by atoms with E-state index in [9.17, 15) is 0 Å². The van der Waals surface area contributed by atoms with Crippen molar-refractivity contribution >= 4 is 5.69 Å². The summed E-state index contributed by atoms with van der Waals surface area (Å²) in [5.41, 5.74) is 1.22. The van der Waals surface area contributed by atoms with Gasteiger partial charge in [-0.1, -0.05) is 43.9 Å². The Hall–Kier alpha value is -1.02. The summed E-state index contributed by atoms with van der Waals surface area (Å²) in [4.78, 5) is 0. The summed E-state index contributed by atoms with van der Waals surface area (Å²) in [6.07, 6.45) is 8.41. The van der Waals surface area contributed by atoms with Gasteiger partial charge in [0.25, 0.3) is 0 Å². The topological polar surface area (TPSA) is 24.1 Å². The second kappa shape index (κ2) is 7.33. The van der Waals surface area contributed by atoms with E-state index in [2.05, 4.69) is 41.0 Å². The minimum atomic E-state index is 0.759. The third-order valence-electron chi connectivity index (χ3n) is 3.52. The zero-order valence-corrected chi connectivity index (χ0v) is 10.6. The second-order valence-corrected chi connectivity index (χ2v) is 4.94. The Morgan fingerprint density at radius 3 is 2.29 bits per heavy atom. The van der Waals surface area contributed by atoms with E-state index in [1.807, 2.05) is 0 Å².